The first-order chi connectivity index (χ1) is 27.4. The molecular formula is C49H97N3O5. The molecule has 0 rings (SSSR count). The lowest BCUT2D eigenvalue weighted by Gasteiger charge is -2.44. The van der Waals surface area contributed by atoms with Gasteiger partial charge in [0.25, 0.3) is 0 Å². The van der Waals surface area contributed by atoms with E-state index in [4.69, 9.17) is 9.47 Å². The van der Waals surface area contributed by atoms with E-state index in [-0.39, 0.29) is 17.9 Å². The van der Waals surface area contributed by atoms with Crippen LogP contribution in [-0.4, -0.2) is 49.4 Å². The van der Waals surface area contributed by atoms with Crippen LogP contribution in [0.15, 0.2) is 0 Å². The molecule has 0 fully saturated rings. The van der Waals surface area contributed by atoms with E-state index in [2.05, 4.69) is 57.5 Å². The van der Waals surface area contributed by atoms with Crippen LogP contribution >= 0.6 is 0 Å². The summed E-state index contributed by atoms with van der Waals surface area (Å²) < 4.78 is 10.9. The number of nitrogens with one attached hydrogen (secondary N) is 3. The maximum absolute atomic E-state index is 13.6. The van der Waals surface area contributed by atoms with Gasteiger partial charge in [-0.3, -0.25) is 4.79 Å². The summed E-state index contributed by atoms with van der Waals surface area (Å²) in [7, 11) is 0. The summed E-state index contributed by atoms with van der Waals surface area (Å²) >= 11 is 0. The lowest BCUT2D eigenvalue weighted by atomic mass is 9.69. The van der Waals surface area contributed by atoms with E-state index in [1.165, 1.54) is 154 Å². The second-order valence-corrected chi connectivity index (χ2v) is 18.8. The molecule has 0 spiro atoms. The van der Waals surface area contributed by atoms with Crippen molar-refractivity contribution in [2.75, 3.05) is 19.8 Å². The third-order valence-electron chi connectivity index (χ3n) is 12.1. The number of hydrogen-bond acceptors (Lipinski definition) is 5. The Morgan fingerprint density at radius 2 is 0.789 bits per heavy atom. The van der Waals surface area contributed by atoms with Gasteiger partial charge in [0.05, 0.1) is 19.8 Å². The zero-order chi connectivity index (χ0) is 42.5. The Kier molecular flexibility index (Phi) is 35.7. The SMILES string of the molecule is CCCCCCCCCCCCCCCCCCOC(=O)NC(CNC(=O)OCCCCCCCCCCCCCCCC)C(=O)NC(C)(C)C(C)(C)CC(C)C. The zero-order valence-corrected chi connectivity index (χ0v) is 39.2. The minimum atomic E-state index is -0.994. The van der Waals surface area contributed by atoms with Crippen LogP contribution in [-0.2, 0) is 14.3 Å². The molecule has 8 nitrogen and oxygen atoms in total. The van der Waals surface area contributed by atoms with Crippen LogP contribution in [0, 0.1) is 11.3 Å². The minimum absolute atomic E-state index is 0.0851. The van der Waals surface area contributed by atoms with Crippen molar-refractivity contribution in [3.63, 3.8) is 0 Å². The number of unbranched alkanes of at least 4 members (excludes halogenated alkanes) is 28. The molecule has 8 heteroatoms. The smallest absolute Gasteiger partial charge is 0.407 e. The van der Waals surface area contributed by atoms with Crippen LogP contribution in [0.4, 0.5) is 9.59 Å². The van der Waals surface area contributed by atoms with Crippen molar-refractivity contribution in [1.82, 2.24) is 16.0 Å². The van der Waals surface area contributed by atoms with Gasteiger partial charge in [-0.15, -0.1) is 0 Å². The first kappa shape index (κ1) is 55.0. The van der Waals surface area contributed by atoms with Crippen molar-refractivity contribution in [1.29, 1.82) is 0 Å². The average Bonchev–Trinajstić information content (AvgIpc) is 3.15. The highest BCUT2D eigenvalue weighted by molar-refractivity contribution is 5.87. The third-order valence-corrected chi connectivity index (χ3v) is 12.1. The van der Waals surface area contributed by atoms with Gasteiger partial charge >= 0.3 is 12.2 Å². The summed E-state index contributed by atoms with van der Waals surface area (Å²) in [5.74, 6) is 0.101. The maximum Gasteiger partial charge on any atom is 0.407 e. The Balaban J connectivity index is 4.47. The monoisotopic (exact) mass is 808 g/mol. The molecule has 0 aromatic heterocycles. The number of carbonyl (C=O) groups excluding carboxylic acids is 3. The van der Waals surface area contributed by atoms with Gasteiger partial charge in [-0.05, 0) is 44.4 Å². The van der Waals surface area contributed by atoms with Crippen molar-refractivity contribution in [2.45, 2.75) is 266 Å². The normalized spacial score (nSPS) is 12.4. The Morgan fingerprint density at radius 1 is 0.474 bits per heavy atom. The molecule has 0 heterocycles. The van der Waals surface area contributed by atoms with Gasteiger partial charge in [0.1, 0.15) is 6.04 Å². The zero-order valence-electron chi connectivity index (χ0n) is 39.2. The molecule has 0 saturated carbocycles. The molecule has 3 N–H and O–H groups in total. The van der Waals surface area contributed by atoms with Crippen molar-refractivity contribution < 1.29 is 23.9 Å². The molecular weight excluding hydrogens is 711 g/mol. The second kappa shape index (κ2) is 37.0. The quantitative estimate of drug-likeness (QED) is 0.0535. The molecule has 57 heavy (non-hydrogen) atoms. The van der Waals surface area contributed by atoms with E-state index in [0.29, 0.717) is 19.1 Å². The van der Waals surface area contributed by atoms with Gasteiger partial charge in [0, 0.05) is 5.54 Å². The van der Waals surface area contributed by atoms with Crippen LogP contribution in [0.1, 0.15) is 254 Å². The topological polar surface area (TPSA) is 106 Å². The van der Waals surface area contributed by atoms with Crippen molar-refractivity contribution in [2.24, 2.45) is 11.3 Å². The lowest BCUT2D eigenvalue weighted by Crippen LogP contribution is -2.61. The van der Waals surface area contributed by atoms with E-state index in [1.54, 1.807) is 0 Å². The van der Waals surface area contributed by atoms with E-state index >= 15 is 0 Å². The number of carbonyl (C=O) groups is 3. The summed E-state index contributed by atoms with van der Waals surface area (Å²) in [4.78, 5) is 39.0. The summed E-state index contributed by atoms with van der Waals surface area (Å²) in [6, 6.07) is -0.994. The minimum Gasteiger partial charge on any atom is -0.450 e. The summed E-state index contributed by atoms with van der Waals surface area (Å²) in [5, 5.41) is 8.58. The van der Waals surface area contributed by atoms with Crippen LogP contribution < -0.4 is 16.0 Å². The highest BCUT2D eigenvalue weighted by Crippen LogP contribution is 2.36. The molecule has 0 radical (unpaired) electrons. The first-order valence-electron chi connectivity index (χ1n) is 24.5. The molecule has 0 bridgehead atoms. The van der Waals surface area contributed by atoms with Crippen LogP contribution in [0.2, 0.25) is 0 Å². The predicted octanol–water partition coefficient (Wildman–Crippen LogP) is 14.5. The summed E-state index contributed by atoms with van der Waals surface area (Å²) in [6.45, 7) is 17.8. The van der Waals surface area contributed by atoms with Gasteiger partial charge in [-0.2, -0.15) is 0 Å². The molecule has 338 valence electrons. The molecule has 0 aliphatic rings. The molecule has 0 aliphatic carbocycles. The van der Waals surface area contributed by atoms with Gasteiger partial charge in [-0.1, -0.05) is 221 Å². The average molecular weight is 808 g/mol. The molecule has 0 aromatic rings. The van der Waals surface area contributed by atoms with Crippen molar-refractivity contribution in [3.05, 3.63) is 0 Å². The van der Waals surface area contributed by atoms with Crippen molar-refractivity contribution >= 4 is 18.1 Å². The van der Waals surface area contributed by atoms with Crippen LogP contribution in [0.25, 0.3) is 0 Å². The fourth-order valence-corrected chi connectivity index (χ4v) is 7.75. The molecule has 3 amide bonds. The number of hydrogen-bond donors (Lipinski definition) is 3. The van der Waals surface area contributed by atoms with E-state index < -0.39 is 23.8 Å². The second-order valence-electron chi connectivity index (χ2n) is 18.8. The Bertz CT molecular complexity index is 953. The van der Waals surface area contributed by atoms with Gasteiger partial charge in [0.2, 0.25) is 5.91 Å². The van der Waals surface area contributed by atoms with Gasteiger partial charge in [-0.25, -0.2) is 9.59 Å². The Labute approximate surface area is 354 Å². The fourth-order valence-electron chi connectivity index (χ4n) is 7.75. The van der Waals surface area contributed by atoms with Crippen molar-refractivity contribution in [3.8, 4) is 0 Å². The number of alkyl carbamates (subject to hydrolysis) is 2. The van der Waals surface area contributed by atoms with E-state index in [0.717, 1.165) is 44.9 Å². The molecule has 0 saturated heterocycles. The maximum atomic E-state index is 13.6. The fraction of sp³-hybridized carbons (Fsp3) is 0.939. The predicted molar refractivity (Wildman–Crippen MR) is 243 cm³/mol. The van der Waals surface area contributed by atoms with E-state index in [1.807, 2.05) is 13.8 Å². The van der Waals surface area contributed by atoms with Gasteiger partial charge in [0.15, 0.2) is 0 Å². The number of amides is 3. The standard InChI is InChI=1S/C49H97N3O5/c1-9-11-13-15-17-19-21-23-25-26-28-30-32-34-36-38-40-57-47(55)51-44(45(53)52-49(7,8)48(5,6)41-43(3)4)42-50-46(54)56-39-37-35-33-31-29-27-24-22-20-18-16-14-12-10-2/h43-44H,9-42H2,1-8H3,(H,50,54)(H,51,55)(H,52,53). The van der Waals surface area contributed by atoms with Crippen LogP contribution in [0.3, 0.4) is 0 Å². The Hall–Kier alpha value is -1.99. The molecule has 0 aliphatic heterocycles. The Morgan fingerprint density at radius 3 is 1.12 bits per heavy atom. The highest BCUT2D eigenvalue weighted by atomic mass is 16.6. The highest BCUT2D eigenvalue weighted by Gasteiger charge is 2.40. The third kappa shape index (κ3) is 33.5. The van der Waals surface area contributed by atoms with Crippen LogP contribution in [0.5, 0.6) is 0 Å². The molecule has 0 aromatic carbocycles. The van der Waals surface area contributed by atoms with Gasteiger partial charge < -0.3 is 25.4 Å². The molecule has 1 atom stereocenters. The van der Waals surface area contributed by atoms with E-state index in [9.17, 15) is 14.4 Å². The largest absolute Gasteiger partial charge is 0.450 e. The lowest BCUT2D eigenvalue weighted by molar-refractivity contribution is -0.126. The first-order valence-corrected chi connectivity index (χ1v) is 24.5. The number of rotatable bonds is 40. The summed E-state index contributed by atoms with van der Waals surface area (Å²) in [5.41, 5.74) is -0.755. The summed E-state index contributed by atoms with van der Waals surface area (Å²) in [6.07, 6.45) is 38.0. The number of ether oxygens (including phenoxy) is 2. The molecule has 1 unspecified atom stereocenters.